The van der Waals surface area contributed by atoms with E-state index in [0.717, 1.165) is 26.5 Å². The maximum Gasteiger partial charge on any atom is 0.415 e. The minimum Gasteiger partial charge on any atom is -0.493 e. The molecular weight excluding hydrogens is 803 g/mol. The molecule has 52 heavy (non-hydrogen) atoms. The number of nitrogens with zero attached hydrogens (tertiary/aromatic N) is 2. The van der Waals surface area contributed by atoms with Crippen LogP contribution in [0.5, 0.6) is 28.7 Å². The van der Waals surface area contributed by atoms with Gasteiger partial charge in [-0.05, 0) is 93.3 Å². The van der Waals surface area contributed by atoms with Gasteiger partial charge in [-0.3, -0.25) is 9.69 Å². The van der Waals surface area contributed by atoms with Crippen LogP contribution in [-0.4, -0.2) is 62.0 Å². The lowest BCUT2D eigenvalue weighted by Crippen LogP contribution is -2.55. The number of aryl methyl sites for hydroxylation is 1. The van der Waals surface area contributed by atoms with Crippen LogP contribution in [0, 0.1) is 17.4 Å². The molecule has 0 aromatic heterocycles. The van der Waals surface area contributed by atoms with Crippen LogP contribution < -0.4 is 23.1 Å². The molecule has 2 aliphatic rings. The van der Waals surface area contributed by atoms with Crippen molar-refractivity contribution < 1.29 is 45.9 Å². The summed E-state index contributed by atoms with van der Waals surface area (Å²) in [7, 11) is -2.31. The first-order valence-corrected chi connectivity index (χ1v) is 19.7. The van der Waals surface area contributed by atoms with Gasteiger partial charge in [-0.15, -0.1) is 0 Å². The molecule has 5 rings (SSSR count). The fourth-order valence-corrected chi connectivity index (χ4v) is 7.68. The molecule has 280 valence electrons. The van der Waals surface area contributed by atoms with Crippen LogP contribution in [0.3, 0.4) is 0 Å². The minimum atomic E-state index is -3.89. The second-order valence-electron chi connectivity index (χ2n) is 13.8. The van der Waals surface area contributed by atoms with E-state index < -0.39 is 33.9 Å². The van der Waals surface area contributed by atoms with Crippen LogP contribution >= 0.6 is 22.6 Å². The van der Waals surface area contributed by atoms with Gasteiger partial charge in [-0.2, -0.15) is 8.42 Å². The van der Waals surface area contributed by atoms with Gasteiger partial charge in [0.05, 0.1) is 23.0 Å². The summed E-state index contributed by atoms with van der Waals surface area (Å²) in [6.07, 6.45) is 2.44. The van der Waals surface area contributed by atoms with Gasteiger partial charge in [0.2, 0.25) is 6.79 Å². The number of ether oxygens (including phenoxy) is 5. The van der Waals surface area contributed by atoms with Crippen molar-refractivity contribution in [3.63, 3.8) is 0 Å². The monoisotopic (exact) mass is 848 g/mol. The van der Waals surface area contributed by atoms with E-state index in [4.69, 9.17) is 27.9 Å². The van der Waals surface area contributed by atoms with Crippen LogP contribution in [-0.2, 0) is 32.7 Å². The highest BCUT2D eigenvalue weighted by atomic mass is 127. The molecule has 2 aliphatic heterocycles. The second kappa shape index (κ2) is 15.4. The number of methoxy groups -OCH3 is 1. The molecule has 14 heteroatoms. The summed E-state index contributed by atoms with van der Waals surface area (Å²) in [5.41, 5.74) is 3.17. The standard InChI is InChI=1S/C38H45IN2O10S/c1-10-28(27-18-30(51-52(9,44)45)24(4)33-34(27)49-21-48-33)41-23(3)19-40(37(43)50-38(5,6)7)29(36(41)42)17-26-16-22(2)32(46-8)35(31(26)39)47-20-25-14-12-11-13-15-25/h11-16,18-19,28-29H,10,17,20-21H2,1-9H3. The molecule has 0 aliphatic carbocycles. The first kappa shape index (κ1) is 39.0. The molecule has 0 radical (unpaired) electrons. The van der Waals surface area contributed by atoms with E-state index in [1.807, 2.05) is 50.2 Å². The van der Waals surface area contributed by atoms with Gasteiger partial charge in [0.1, 0.15) is 24.0 Å². The number of rotatable bonds is 11. The third-order valence-electron chi connectivity index (χ3n) is 8.62. The number of halogens is 1. The normalized spacial score (nSPS) is 16.4. The molecule has 2 heterocycles. The average Bonchev–Trinajstić information content (AvgIpc) is 3.56. The first-order valence-electron chi connectivity index (χ1n) is 16.8. The molecule has 3 aromatic rings. The summed E-state index contributed by atoms with van der Waals surface area (Å²) in [5, 5.41) is 0. The quantitative estimate of drug-likeness (QED) is 0.141. The predicted molar refractivity (Wildman–Crippen MR) is 203 cm³/mol. The van der Waals surface area contributed by atoms with Crippen LogP contribution in [0.4, 0.5) is 4.79 Å². The SMILES string of the molecule is CCC(c1cc(OS(C)(=O)=O)c(C)c2c1OCO2)N1C(=O)C(Cc2cc(C)c(OC)c(OCc3ccccc3)c2I)N(C(=O)OC(C)(C)C)C=C1C. The highest BCUT2D eigenvalue weighted by molar-refractivity contribution is 14.1. The second-order valence-corrected chi connectivity index (χ2v) is 16.4. The van der Waals surface area contributed by atoms with Crippen molar-refractivity contribution in [1.29, 1.82) is 0 Å². The maximum atomic E-state index is 15.0. The molecule has 0 bridgehead atoms. The summed E-state index contributed by atoms with van der Waals surface area (Å²) in [6, 6.07) is 11.6. The van der Waals surface area contributed by atoms with E-state index >= 15 is 0 Å². The zero-order chi connectivity index (χ0) is 38.1. The molecule has 0 fully saturated rings. The van der Waals surface area contributed by atoms with E-state index in [0.29, 0.717) is 52.8 Å². The molecule has 0 spiro atoms. The zero-order valence-electron chi connectivity index (χ0n) is 30.9. The Morgan fingerprint density at radius 2 is 1.73 bits per heavy atom. The van der Waals surface area contributed by atoms with Gasteiger partial charge in [0.25, 0.3) is 5.91 Å². The van der Waals surface area contributed by atoms with Crippen LogP contribution in [0.2, 0.25) is 0 Å². The summed E-state index contributed by atoms with van der Waals surface area (Å²) in [4.78, 5) is 31.7. The highest BCUT2D eigenvalue weighted by Crippen LogP contribution is 2.49. The van der Waals surface area contributed by atoms with Gasteiger partial charge in [0, 0.05) is 29.4 Å². The third-order valence-corrected chi connectivity index (χ3v) is 10.3. The van der Waals surface area contributed by atoms with E-state index in [9.17, 15) is 18.0 Å². The molecule has 2 atom stereocenters. The fraction of sp³-hybridized carbons (Fsp3) is 0.421. The van der Waals surface area contributed by atoms with Crippen molar-refractivity contribution in [1.82, 2.24) is 9.80 Å². The summed E-state index contributed by atoms with van der Waals surface area (Å²) >= 11 is 2.20. The Hall–Kier alpha value is -4.18. The van der Waals surface area contributed by atoms with Crippen LogP contribution in [0.25, 0.3) is 0 Å². The Labute approximate surface area is 319 Å². The van der Waals surface area contributed by atoms with E-state index in [1.165, 1.54) is 4.90 Å². The third kappa shape index (κ3) is 8.38. The Kier molecular flexibility index (Phi) is 11.6. The van der Waals surface area contributed by atoms with E-state index in [-0.39, 0.29) is 24.9 Å². The number of carbonyl (C=O) groups is 2. The number of hydrogen-bond donors (Lipinski definition) is 0. The van der Waals surface area contributed by atoms with E-state index in [2.05, 4.69) is 22.6 Å². The van der Waals surface area contributed by atoms with Crippen LogP contribution in [0.15, 0.2) is 54.4 Å². The van der Waals surface area contributed by atoms with Gasteiger partial charge < -0.3 is 32.8 Å². The lowest BCUT2D eigenvalue weighted by molar-refractivity contribution is -0.138. The summed E-state index contributed by atoms with van der Waals surface area (Å²) in [5.74, 6) is 1.57. The Morgan fingerprint density at radius 3 is 2.35 bits per heavy atom. The molecule has 12 nitrogen and oxygen atoms in total. The summed E-state index contributed by atoms with van der Waals surface area (Å²) in [6.45, 7) is 12.8. The van der Waals surface area contributed by atoms with Gasteiger partial charge >= 0.3 is 16.2 Å². The molecule has 0 saturated carbocycles. The van der Waals surface area contributed by atoms with Gasteiger partial charge in [-0.1, -0.05) is 43.3 Å². The van der Waals surface area contributed by atoms with Crippen molar-refractivity contribution in [3.8, 4) is 28.7 Å². The number of carbonyl (C=O) groups excluding carboxylic acids is 2. The lowest BCUT2D eigenvalue weighted by Gasteiger charge is -2.42. The molecular formula is C38H45IN2O10S. The van der Waals surface area contributed by atoms with Crippen molar-refractivity contribution in [2.45, 2.75) is 85.6 Å². The van der Waals surface area contributed by atoms with Crippen LogP contribution in [0.1, 0.15) is 74.9 Å². The number of hydrogen-bond acceptors (Lipinski definition) is 10. The molecule has 0 saturated heterocycles. The van der Waals surface area contributed by atoms with E-state index in [1.54, 1.807) is 58.9 Å². The Balaban J connectivity index is 1.60. The lowest BCUT2D eigenvalue weighted by atomic mass is 9.94. The minimum absolute atomic E-state index is 0.0736. The van der Waals surface area contributed by atoms with Crippen molar-refractivity contribution in [2.75, 3.05) is 20.2 Å². The van der Waals surface area contributed by atoms with Crippen molar-refractivity contribution >= 4 is 44.7 Å². The first-order chi connectivity index (χ1) is 24.4. The zero-order valence-corrected chi connectivity index (χ0v) is 33.8. The Bertz CT molecular complexity index is 1990. The van der Waals surface area contributed by atoms with Crippen molar-refractivity contribution in [3.05, 3.63) is 85.7 Å². The topological polar surface area (TPSA) is 130 Å². The molecule has 0 N–H and O–H groups in total. The number of allylic oxidation sites excluding steroid dienone is 1. The molecule has 3 aromatic carbocycles. The number of benzene rings is 3. The van der Waals surface area contributed by atoms with Gasteiger partial charge in [0.15, 0.2) is 23.0 Å². The summed E-state index contributed by atoms with van der Waals surface area (Å²) < 4.78 is 60.1. The fourth-order valence-electron chi connectivity index (χ4n) is 6.41. The molecule has 2 unspecified atom stereocenters. The maximum absolute atomic E-state index is 15.0. The highest BCUT2D eigenvalue weighted by Gasteiger charge is 2.43. The number of fused-ring (bicyclic) bond motifs is 1. The van der Waals surface area contributed by atoms with Crippen molar-refractivity contribution in [2.24, 2.45) is 0 Å². The molecule has 2 amide bonds. The Morgan fingerprint density at radius 1 is 1.06 bits per heavy atom. The average molecular weight is 849 g/mol. The smallest absolute Gasteiger partial charge is 0.415 e. The van der Waals surface area contributed by atoms with Gasteiger partial charge in [-0.25, -0.2) is 4.79 Å². The predicted octanol–water partition coefficient (Wildman–Crippen LogP) is 7.57. The number of amides is 2. The largest absolute Gasteiger partial charge is 0.493 e.